The molecule has 1 fully saturated rings. The van der Waals surface area contributed by atoms with Gasteiger partial charge in [0.25, 0.3) is 0 Å². The van der Waals surface area contributed by atoms with Gasteiger partial charge in [-0.1, -0.05) is 37.1 Å². The normalized spacial score (nSPS) is 24.9. The second-order valence-corrected chi connectivity index (χ2v) is 5.63. The minimum Gasteiger partial charge on any atom is -0.464 e. The molecule has 1 aliphatic heterocycles. The summed E-state index contributed by atoms with van der Waals surface area (Å²) in [5.41, 5.74) is 2.28. The van der Waals surface area contributed by atoms with Crippen LogP contribution in [0.5, 0.6) is 0 Å². The molecule has 0 saturated heterocycles. The Labute approximate surface area is 118 Å². The van der Waals surface area contributed by atoms with Crippen molar-refractivity contribution in [2.45, 2.75) is 37.8 Å². The van der Waals surface area contributed by atoms with Crippen LogP contribution < -0.4 is 5.32 Å². The zero-order valence-corrected chi connectivity index (χ0v) is 11.4. The van der Waals surface area contributed by atoms with Crippen LogP contribution in [0.1, 0.15) is 31.2 Å². The van der Waals surface area contributed by atoms with E-state index >= 15 is 0 Å². The van der Waals surface area contributed by atoms with Gasteiger partial charge in [0.05, 0.1) is 12.3 Å². The molecule has 2 unspecified atom stereocenters. The summed E-state index contributed by atoms with van der Waals surface area (Å²) in [4.78, 5) is 4.85. The average Bonchev–Trinajstić information content (AvgIpc) is 3.17. The highest BCUT2D eigenvalue weighted by atomic mass is 16.3. The van der Waals surface area contributed by atoms with E-state index in [0.29, 0.717) is 12.1 Å². The Morgan fingerprint density at radius 3 is 2.55 bits per heavy atom. The van der Waals surface area contributed by atoms with Gasteiger partial charge in [-0.05, 0) is 25.0 Å². The third-order valence-electron chi connectivity index (χ3n) is 4.31. The Morgan fingerprint density at radius 1 is 1.00 bits per heavy atom. The third kappa shape index (κ3) is 2.03. The molecule has 4 rings (SSSR count). The highest BCUT2D eigenvalue weighted by Gasteiger charge is 2.30. The fourth-order valence-corrected chi connectivity index (χ4v) is 3.21. The molecule has 0 bridgehead atoms. The van der Waals surface area contributed by atoms with E-state index in [0.717, 1.165) is 17.2 Å². The lowest BCUT2D eigenvalue weighted by molar-refractivity contribution is 0.385. The van der Waals surface area contributed by atoms with E-state index in [4.69, 9.17) is 9.41 Å². The van der Waals surface area contributed by atoms with Crippen LogP contribution in [0.25, 0.3) is 11.3 Å². The van der Waals surface area contributed by atoms with Gasteiger partial charge in [0.2, 0.25) is 0 Å². The largest absolute Gasteiger partial charge is 0.464 e. The number of amidine groups is 1. The molecule has 2 atom stereocenters. The fraction of sp³-hybridized carbons (Fsp3) is 0.353. The number of furan rings is 1. The summed E-state index contributed by atoms with van der Waals surface area (Å²) in [7, 11) is 0. The first kappa shape index (κ1) is 11.8. The number of nitrogens with zero attached hydrogens (tertiary/aromatic N) is 1. The number of hydrogen-bond donors (Lipinski definition) is 1. The molecule has 2 aromatic rings. The van der Waals surface area contributed by atoms with Crippen LogP contribution in [0.4, 0.5) is 0 Å². The van der Waals surface area contributed by atoms with E-state index in [1.54, 1.807) is 6.26 Å². The van der Waals surface area contributed by atoms with Crippen LogP contribution in [-0.4, -0.2) is 17.9 Å². The summed E-state index contributed by atoms with van der Waals surface area (Å²) in [5.74, 6) is 1.97. The predicted molar refractivity (Wildman–Crippen MR) is 79.9 cm³/mol. The van der Waals surface area contributed by atoms with Gasteiger partial charge in [-0.2, -0.15) is 0 Å². The number of hydrogen-bond acceptors (Lipinski definition) is 3. The monoisotopic (exact) mass is 266 g/mol. The lowest BCUT2D eigenvalue weighted by Gasteiger charge is -2.23. The Balaban J connectivity index is 1.57. The zero-order chi connectivity index (χ0) is 13.4. The van der Waals surface area contributed by atoms with Crippen molar-refractivity contribution in [2.24, 2.45) is 4.99 Å². The Kier molecular flexibility index (Phi) is 2.84. The van der Waals surface area contributed by atoms with Crippen molar-refractivity contribution in [1.82, 2.24) is 5.32 Å². The Bertz CT molecular complexity index is 613. The van der Waals surface area contributed by atoms with Gasteiger partial charge in [-0.15, -0.1) is 0 Å². The molecule has 0 spiro atoms. The molecule has 3 nitrogen and oxygen atoms in total. The molecule has 2 heterocycles. The Morgan fingerprint density at radius 2 is 1.80 bits per heavy atom. The Hall–Kier alpha value is -2.03. The highest BCUT2D eigenvalue weighted by molar-refractivity contribution is 6.00. The van der Waals surface area contributed by atoms with Gasteiger partial charge >= 0.3 is 0 Å². The maximum atomic E-state index is 5.42. The van der Waals surface area contributed by atoms with Crippen molar-refractivity contribution < 1.29 is 4.42 Å². The number of aliphatic imine (C=N–C) groups is 1. The molecule has 102 valence electrons. The minimum atomic E-state index is 0.489. The fourth-order valence-electron chi connectivity index (χ4n) is 3.21. The SMILES string of the molecule is c1coc(-c2ccc(C3=NC4CCCCC4N3)cc2)c1. The molecule has 1 aliphatic carbocycles. The van der Waals surface area contributed by atoms with Gasteiger partial charge in [-0.3, -0.25) is 4.99 Å². The number of fused-ring (bicyclic) bond motifs is 1. The second kappa shape index (κ2) is 4.82. The first-order chi connectivity index (χ1) is 9.90. The lowest BCUT2D eigenvalue weighted by atomic mass is 9.92. The summed E-state index contributed by atoms with van der Waals surface area (Å²) in [6.07, 6.45) is 6.83. The lowest BCUT2D eigenvalue weighted by Crippen LogP contribution is -2.36. The maximum absolute atomic E-state index is 5.42. The molecule has 2 aliphatic rings. The molecule has 1 saturated carbocycles. The van der Waals surface area contributed by atoms with Crippen LogP contribution in [0.15, 0.2) is 52.1 Å². The maximum Gasteiger partial charge on any atom is 0.133 e. The van der Waals surface area contributed by atoms with Crippen LogP contribution in [0.2, 0.25) is 0 Å². The van der Waals surface area contributed by atoms with Crippen molar-refractivity contribution in [3.63, 3.8) is 0 Å². The molecule has 0 radical (unpaired) electrons. The van der Waals surface area contributed by atoms with Gasteiger partial charge in [0, 0.05) is 17.2 Å². The van der Waals surface area contributed by atoms with Crippen molar-refractivity contribution in [2.75, 3.05) is 0 Å². The van der Waals surface area contributed by atoms with Gasteiger partial charge in [-0.25, -0.2) is 0 Å². The topological polar surface area (TPSA) is 37.5 Å². The first-order valence-electron chi connectivity index (χ1n) is 7.39. The van der Waals surface area contributed by atoms with E-state index in [-0.39, 0.29) is 0 Å². The molecular formula is C17H18N2O. The van der Waals surface area contributed by atoms with Crippen molar-refractivity contribution in [3.8, 4) is 11.3 Å². The van der Waals surface area contributed by atoms with Gasteiger partial charge < -0.3 is 9.73 Å². The van der Waals surface area contributed by atoms with Crippen LogP contribution in [0, 0.1) is 0 Å². The van der Waals surface area contributed by atoms with E-state index < -0.39 is 0 Å². The third-order valence-corrected chi connectivity index (χ3v) is 4.31. The molecular weight excluding hydrogens is 248 g/mol. The quantitative estimate of drug-likeness (QED) is 0.901. The highest BCUT2D eigenvalue weighted by Crippen LogP contribution is 2.27. The van der Waals surface area contributed by atoms with Crippen molar-refractivity contribution >= 4 is 5.84 Å². The molecule has 1 aromatic carbocycles. The number of nitrogens with one attached hydrogen (secondary N) is 1. The van der Waals surface area contributed by atoms with Crippen molar-refractivity contribution in [1.29, 1.82) is 0 Å². The van der Waals surface area contributed by atoms with Gasteiger partial charge in [0.1, 0.15) is 11.6 Å². The molecule has 1 aromatic heterocycles. The second-order valence-electron chi connectivity index (χ2n) is 5.63. The summed E-state index contributed by atoms with van der Waals surface area (Å²) in [5, 5.41) is 3.59. The molecule has 3 heteroatoms. The van der Waals surface area contributed by atoms with E-state index in [1.807, 2.05) is 12.1 Å². The summed E-state index contributed by atoms with van der Waals surface area (Å²) in [6, 6.07) is 13.4. The summed E-state index contributed by atoms with van der Waals surface area (Å²) < 4.78 is 5.42. The first-order valence-corrected chi connectivity index (χ1v) is 7.39. The van der Waals surface area contributed by atoms with Crippen LogP contribution >= 0.6 is 0 Å². The molecule has 1 N–H and O–H groups in total. The van der Waals surface area contributed by atoms with Crippen LogP contribution in [0.3, 0.4) is 0 Å². The smallest absolute Gasteiger partial charge is 0.133 e. The van der Waals surface area contributed by atoms with Crippen molar-refractivity contribution in [3.05, 3.63) is 48.2 Å². The number of benzene rings is 1. The predicted octanol–water partition coefficient (Wildman–Crippen LogP) is 3.61. The summed E-state index contributed by atoms with van der Waals surface area (Å²) in [6.45, 7) is 0. The average molecular weight is 266 g/mol. The van der Waals surface area contributed by atoms with E-state index in [9.17, 15) is 0 Å². The van der Waals surface area contributed by atoms with Crippen LogP contribution in [-0.2, 0) is 0 Å². The minimum absolute atomic E-state index is 0.489. The molecule has 0 amide bonds. The number of rotatable bonds is 2. The van der Waals surface area contributed by atoms with E-state index in [1.165, 1.54) is 31.2 Å². The zero-order valence-electron chi connectivity index (χ0n) is 11.4. The standard InChI is InChI=1S/C17H18N2O/c1-2-5-15-14(4-1)18-17(19-15)13-9-7-12(8-10-13)16-6-3-11-20-16/h3,6-11,14-15H,1-2,4-5H2,(H,18,19). The molecule has 20 heavy (non-hydrogen) atoms. The van der Waals surface area contributed by atoms with Gasteiger partial charge in [0.15, 0.2) is 0 Å². The van der Waals surface area contributed by atoms with E-state index in [2.05, 4.69) is 29.6 Å². The summed E-state index contributed by atoms with van der Waals surface area (Å²) >= 11 is 0.